The van der Waals surface area contributed by atoms with Crippen LogP contribution in [0, 0.1) is 0 Å². The Morgan fingerprint density at radius 3 is 1.67 bits per heavy atom. The SMILES string of the molecule is COC(=O)c1cc(OCC2CC(Oc3ccc(NS(=O)(=O)c4cnn(-c5ccc(Cl)cc5)c4)c(C(=O)OC)c3)CN2)ccc1NS(=O)(=O)c1cnn(-c2ccc(Cl)cc2)c1. The van der Waals surface area contributed by atoms with Crippen molar-refractivity contribution < 1.29 is 45.4 Å². The van der Waals surface area contributed by atoms with Crippen LogP contribution in [0.25, 0.3) is 11.4 Å². The molecule has 1 aliphatic rings. The van der Waals surface area contributed by atoms with Gasteiger partial charge >= 0.3 is 11.9 Å². The van der Waals surface area contributed by atoms with Crippen LogP contribution in [-0.2, 0) is 29.5 Å². The maximum absolute atomic E-state index is 13.3. The predicted octanol–water partition coefficient (Wildman–Crippen LogP) is 5.73. The summed E-state index contributed by atoms with van der Waals surface area (Å²) in [5.74, 6) is -1.02. The van der Waals surface area contributed by atoms with Crippen molar-refractivity contribution in [1.82, 2.24) is 24.9 Å². The number of anilines is 2. The van der Waals surface area contributed by atoms with Crippen molar-refractivity contribution in [3.63, 3.8) is 0 Å². The lowest BCUT2D eigenvalue weighted by atomic mass is 10.1. The number of methoxy groups -OCH3 is 2. The maximum Gasteiger partial charge on any atom is 0.340 e. The van der Waals surface area contributed by atoms with E-state index in [4.69, 9.17) is 42.1 Å². The lowest BCUT2D eigenvalue weighted by Crippen LogP contribution is -2.28. The largest absolute Gasteiger partial charge is 0.492 e. The molecule has 21 heteroatoms. The van der Waals surface area contributed by atoms with Gasteiger partial charge in [0, 0.05) is 29.1 Å². The molecule has 0 spiro atoms. The van der Waals surface area contributed by atoms with Gasteiger partial charge in [0.05, 0.1) is 72.9 Å². The van der Waals surface area contributed by atoms with Crippen molar-refractivity contribution in [1.29, 1.82) is 0 Å². The number of hydrogen-bond acceptors (Lipinski definition) is 13. The molecule has 0 amide bonds. The summed E-state index contributed by atoms with van der Waals surface area (Å²) < 4.78 is 82.9. The fraction of sp³-hybridized carbons (Fsp3) is 0.179. The van der Waals surface area contributed by atoms with E-state index in [1.165, 1.54) is 84.8 Å². The van der Waals surface area contributed by atoms with Gasteiger partial charge in [-0.3, -0.25) is 9.44 Å². The topological polar surface area (TPSA) is 211 Å². The molecule has 2 atom stereocenters. The number of benzene rings is 4. The smallest absolute Gasteiger partial charge is 0.340 e. The Kier molecular flexibility index (Phi) is 12.3. The van der Waals surface area contributed by atoms with E-state index in [2.05, 4.69) is 25.0 Å². The lowest BCUT2D eigenvalue weighted by Gasteiger charge is -2.17. The molecular formula is C39H35Cl2N7O10S2. The third kappa shape index (κ3) is 9.67. The van der Waals surface area contributed by atoms with E-state index >= 15 is 0 Å². The predicted molar refractivity (Wildman–Crippen MR) is 221 cm³/mol. The monoisotopic (exact) mass is 895 g/mol. The van der Waals surface area contributed by atoms with Crippen LogP contribution >= 0.6 is 23.2 Å². The van der Waals surface area contributed by atoms with Crippen LogP contribution in [0.2, 0.25) is 10.0 Å². The normalized spacial score (nSPS) is 15.3. The first-order valence-electron chi connectivity index (χ1n) is 17.9. The third-order valence-corrected chi connectivity index (χ3v) is 12.3. The summed E-state index contributed by atoms with van der Waals surface area (Å²) >= 11 is 11.9. The number of sulfonamides is 2. The van der Waals surface area contributed by atoms with Crippen molar-refractivity contribution in [2.75, 3.05) is 36.8 Å². The Bertz CT molecular complexity index is 2760. The zero-order valence-corrected chi connectivity index (χ0v) is 34.8. The molecule has 60 heavy (non-hydrogen) atoms. The number of hydrogen-bond donors (Lipinski definition) is 3. The second-order valence-corrected chi connectivity index (χ2v) is 17.4. The van der Waals surface area contributed by atoms with Crippen LogP contribution in [0.4, 0.5) is 11.4 Å². The summed E-state index contributed by atoms with van der Waals surface area (Å²) in [6.07, 6.45) is 5.13. The Balaban J connectivity index is 0.973. The van der Waals surface area contributed by atoms with Crippen LogP contribution < -0.4 is 24.2 Å². The third-order valence-electron chi connectivity index (χ3n) is 9.14. The highest BCUT2D eigenvalue weighted by molar-refractivity contribution is 7.93. The molecule has 312 valence electrons. The van der Waals surface area contributed by atoms with Crippen molar-refractivity contribution in [3.8, 4) is 22.9 Å². The van der Waals surface area contributed by atoms with Crippen molar-refractivity contribution in [3.05, 3.63) is 131 Å². The number of esters is 2. The summed E-state index contributed by atoms with van der Waals surface area (Å²) in [5.41, 5.74) is 0.972. The van der Waals surface area contributed by atoms with Gasteiger partial charge in [0.1, 0.15) is 34.0 Å². The minimum Gasteiger partial charge on any atom is -0.492 e. The molecule has 4 aromatic carbocycles. The highest BCUT2D eigenvalue weighted by atomic mass is 35.5. The van der Waals surface area contributed by atoms with Crippen LogP contribution in [0.15, 0.2) is 120 Å². The number of ether oxygens (including phenoxy) is 4. The lowest BCUT2D eigenvalue weighted by molar-refractivity contribution is 0.0592. The minimum atomic E-state index is -4.18. The van der Waals surface area contributed by atoms with Gasteiger partial charge in [0.25, 0.3) is 20.0 Å². The first kappa shape index (κ1) is 42.0. The quantitative estimate of drug-likeness (QED) is 0.105. The highest BCUT2D eigenvalue weighted by Crippen LogP contribution is 2.29. The molecule has 0 bridgehead atoms. The molecule has 1 saturated heterocycles. The summed E-state index contributed by atoms with van der Waals surface area (Å²) in [4.78, 5) is 25.3. The van der Waals surface area contributed by atoms with E-state index in [0.717, 1.165) is 0 Å². The van der Waals surface area contributed by atoms with Gasteiger partial charge in [-0.15, -0.1) is 0 Å². The molecule has 2 unspecified atom stereocenters. The average molecular weight is 897 g/mol. The van der Waals surface area contributed by atoms with Crippen LogP contribution in [0.3, 0.4) is 0 Å². The molecule has 0 saturated carbocycles. The number of halogens is 2. The molecule has 7 rings (SSSR count). The molecule has 6 aromatic rings. The summed E-state index contributed by atoms with van der Waals surface area (Å²) in [7, 11) is -6.01. The molecule has 0 radical (unpaired) electrons. The molecule has 3 heterocycles. The number of carbonyl (C=O) groups is 2. The summed E-state index contributed by atoms with van der Waals surface area (Å²) in [6, 6.07) is 21.7. The molecule has 1 aliphatic heterocycles. The Morgan fingerprint density at radius 1 is 0.717 bits per heavy atom. The van der Waals surface area contributed by atoms with Crippen molar-refractivity contribution in [2.45, 2.75) is 28.4 Å². The van der Waals surface area contributed by atoms with Gasteiger partial charge < -0.3 is 24.3 Å². The fourth-order valence-electron chi connectivity index (χ4n) is 6.10. The number of carbonyl (C=O) groups excluding carboxylic acids is 2. The van der Waals surface area contributed by atoms with E-state index in [0.29, 0.717) is 40.1 Å². The van der Waals surface area contributed by atoms with Gasteiger partial charge in [-0.1, -0.05) is 23.2 Å². The van der Waals surface area contributed by atoms with Gasteiger partial charge in [0.2, 0.25) is 0 Å². The molecule has 0 aliphatic carbocycles. The number of nitrogens with zero attached hydrogens (tertiary/aromatic N) is 4. The molecular weight excluding hydrogens is 862 g/mol. The molecule has 1 fully saturated rings. The molecule has 2 aromatic heterocycles. The number of rotatable bonds is 15. The minimum absolute atomic E-state index is 0.0281. The van der Waals surface area contributed by atoms with Crippen LogP contribution in [0.5, 0.6) is 11.5 Å². The van der Waals surface area contributed by atoms with Crippen molar-refractivity contribution in [2.24, 2.45) is 0 Å². The number of aromatic nitrogens is 4. The second-order valence-electron chi connectivity index (χ2n) is 13.2. The van der Waals surface area contributed by atoms with E-state index in [1.54, 1.807) is 48.5 Å². The Morgan fingerprint density at radius 2 is 1.18 bits per heavy atom. The van der Waals surface area contributed by atoms with Crippen LogP contribution in [-0.4, -0.2) is 87.9 Å². The summed E-state index contributed by atoms with van der Waals surface area (Å²) in [6.45, 7) is 0.564. The van der Waals surface area contributed by atoms with Gasteiger partial charge in [-0.2, -0.15) is 10.2 Å². The van der Waals surface area contributed by atoms with Crippen LogP contribution in [0.1, 0.15) is 27.1 Å². The zero-order chi connectivity index (χ0) is 42.6. The van der Waals surface area contributed by atoms with Crippen molar-refractivity contribution >= 4 is 66.6 Å². The van der Waals surface area contributed by atoms with E-state index in [-0.39, 0.29) is 56.8 Å². The number of nitrogens with one attached hydrogen (secondary N) is 3. The molecule has 17 nitrogen and oxygen atoms in total. The molecule has 3 N–H and O–H groups in total. The Hall–Kier alpha value is -6.12. The highest BCUT2D eigenvalue weighted by Gasteiger charge is 2.28. The zero-order valence-electron chi connectivity index (χ0n) is 31.6. The maximum atomic E-state index is 13.3. The first-order valence-corrected chi connectivity index (χ1v) is 21.6. The van der Waals surface area contributed by atoms with E-state index in [1.807, 2.05) is 0 Å². The average Bonchev–Trinajstić information content (AvgIpc) is 4.04. The van der Waals surface area contributed by atoms with Gasteiger partial charge in [-0.25, -0.2) is 35.8 Å². The second kappa shape index (κ2) is 17.6. The van der Waals surface area contributed by atoms with E-state index < -0.39 is 32.0 Å². The fourth-order valence-corrected chi connectivity index (χ4v) is 8.37. The first-order chi connectivity index (χ1) is 28.7. The standard InChI is InChI=1S/C39H35Cl2N7O10S2/c1-55-38(49)34-16-29(11-13-36(34)45-59(51,52)32-19-43-47(21-32)27-7-3-24(40)4-8-27)57-23-26-15-31(18-42-26)58-30-12-14-37(35(17-30)39(50)56-2)46-60(53,54)33-20-44-48(22-33)28-9-5-25(41)6-10-28/h3-14,16-17,19-22,26,31,42,45-46H,15,18,23H2,1-2H3. The van der Waals surface area contributed by atoms with E-state index in [9.17, 15) is 26.4 Å². The van der Waals surface area contributed by atoms with Gasteiger partial charge in [0.15, 0.2) is 0 Å². The summed E-state index contributed by atoms with van der Waals surface area (Å²) in [5, 5.41) is 12.6. The Labute approximate surface area is 354 Å². The van der Waals surface area contributed by atoms with Gasteiger partial charge in [-0.05, 0) is 84.9 Å².